The molecule has 0 heterocycles. The Balaban J connectivity index is 1.22. The summed E-state index contributed by atoms with van der Waals surface area (Å²) in [5.41, 5.74) is 2.96. The van der Waals surface area contributed by atoms with Gasteiger partial charge >= 0.3 is 0 Å². The number of nitrogens with one attached hydrogen (secondary N) is 3. The highest BCUT2D eigenvalue weighted by atomic mass is 35.5. The van der Waals surface area contributed by atoms with Gasteiger partial charge in [0.2, 0.25) is 9.84 Å². The second-order valence-electron chi connectivity index (χ2n) is 10.6. The van der Waals surface area contributed by atoms with Crippen LogP contribution in [0.2, 0.25) is 5.02 Å². The van der Waals surface area contributed by atoms with Gasteiger partial charge in [-0.15, -0.1) is 0 Å². The number of anilines is 3. The molecule has 3 N–H and O–H groups in total. The summed E-state index contributed by atoms with van der Waals surface area (Å²) in [7, 11) is -4.84. The SMILES string of the molecule is COc1ccc(OC)c(NS(=O)(=O)c2ccc(NC(=O)c3ccc(CNc4cc(Cl)cc(S(=O)(=O)c5ccccc5)c4C)cc3)cc2)c1. The molecular weight excluding hydrogens is 674 g/mol. The predicted molar refractivity (Wildman–Crippen MR) is 187 cm³/mol. The van der Waals surface area contributed by atoms with Crippen LogP contribution in [0.25, 0.3) is 0 Å². The van der Waals surface area contributed by atoms with Crippen molar-refractivity contribution in [1.82, 2.24) is 0 Å². The molecule has 0 saturated carbocycles. The first-order valence-electron chi connectivity index (χ1n) is 14.5. The molecular formula is C35H32ClN3O7S2. The number of carbonyl (C=O) groups excluding carboxylic acids is 1. The second kappa shape index (κ2) is 14.4. The van der Waals surface area contributed by atoms with Crippen LogP contribution in [-0.4, -0.2) is 37.0 Å². The molecule has 13 heteroatoms. The quantitative estimate of drug-likeness (QED) is 0.124. The van der Waals surface area contributed by atoms with Crippen molar-refractivity contribution in [2.45, 2.75) is 28.2 Å². The van der Waals surface area contributed by atoms with Crippen molar-refractivity contribution in [3.8, 4) is 11.5 Å². The Labute approximate surface area is 284 Å². The molecule has 48 heavy (non-hydrogen) atoms. The number of halogens is 1. The summed E-state index contributed by atoms with van der Waals surface area (Å²) < 4.78 is 65.5. The van der Waals surface area contributed by atoms with E-state index < -0.39 is 19.9 Å². The van der Waals surface area contributed by atoms with E-state index in [1.54, 1.807) is 79.7 Å². The van der Waals surface area contributed by atoms with Gasteiger partial charge in [0.25, 0.3) is 15.9 Å². The number of hydrogen-bond donors (Lipinski definition) is 3. The fourth-order valence-corrected chi connectivity index (χ4v) is 7.74. The highest BCUT2D eigenvalue weighted by Gasteiger charge is 2.22. The number of amides is 1. The molecule has 0 aliphatic carbocycles. The van der Waals surface area contributed by atoms with E-state index in [9.17, 15) is 21.6 Å². The van der Waals surface area contributed by atoms with Crippen LogP contribution in [0.15, 0.2) is 124 Å². The molecule has 0 radical (unpaired) electrons. The van der Waals surface area contributed by atoms with E-state index >= 15 is 0 Å². The summed E-state index contributed by atoms with van der Waals surface area (Å²) in [6, 6.07) is 28.7. The number of ether oxygens (including phenoxy) is 2. The minimum atomic E-state index is -3.97. The third kappa shape index (κ3) is 7.73. The van der Waals surface area contributed by atoms with Crippen molar-refractivity contribution in [3.05, 3.63) is 131 Å². The van der Waals surface area contributed by atoms with Crippen molar-refractivity contribution in [2.24, 2.45) is 0 Å². The van der Waals surface area contributed by atoms with Gasteiger partial charge in [0.1, 0.15) is 11.5 Å². The summed E-state index contributed by atoms with van der Waals surface area (Å²) in [5.74, 6) is 0.400. The summed E-state index contributed by atoms with van der Waals surface area (Å²) >= 11 is 6.31. The standard InChI is InChI=1S/C35H32ClN3O7S2/c1-23-31(19-26(36)20-34(23)47(41,42)29-7-5-4-6-8-29)37-22-24-9-11-25(12-10-24)35(40)38-27-13-16-30(17-14-27)48(43,44)39-32-21-28(45-2)15-18-33(32)46-3/h4-21,37,39H,22H2,1-3H3,(H,38,40). The molecule has 0 atom stereocenters. The van der Waals surface area contributed by atoms with Crippen LogP contribution < -0.4 is 24.8 Å². The molecule has 0 fully saturated rings. The molecule has 5 aromatic carbocycles. The van der Waals surface area contributed by atoms with Crippen LogP contribution in [0, 0.1) is 6.92 Å². The van der Waals surface area contributed by atoms with E-state index in [0.29, 0.717) is 40.5 Å². The molecule has 5 rings (SSSR count). The minimum Gasteiger partial charge on any atom is -0.497 e. The first-order chi connectivity index (χ1) is 22.9. The zero-order valence-electron chi connectivity index (χ0n) is 26.2. The zero-order valence-corrected chi connectivity index (χ0v) is 28.5. The predicted octanol–water partition coefficient (Wildman–Crippen LogP) is 7.16. The van der Waals surface area contributed by atoms with Crippen molar-refractivity contribution in [1.29, 1.82) is 0 Å². The van der Waals surface area contributed by atoms with Crippen molar-refractivity contribution in [2.75, 3.05) is 29.6 Å². The van der Waals surface area contributed by atoms with E-state index in [4.69, 9.17) is 21.1 Å². The van der Waals surface area contributed by atoms with Crippen LogP contribution in [0.4, 0.5) is 17.1 Å². The Morgan fingerprint density at radius 2 is 1.44 bits per heavy atom. The topological polar surface area (TPSA) is 140 Å². The molecule has 0 saturated heterocycles. The number of sulfonamides is 1. The van der Waals surface area contributed by atoms with Gasteiger partial charge in [-0.05, 0) is 90.8 Å². The van der Waals surface area contributed by atoms with Gasteiger partial charge in [-0.3, -0.25) is 9.52 Å². The molecule has 5 aromatic rings. The Hall–Kier alpha value is -5.04. The zero-order chi connectivity index (χ0) is 34.5. The molecule has 10 nitrogen and oxygen atoms in total. The number of sulfone groups is 1. The minimum absolute atomic E-state index is 0.0121. The largest absolute Gasteiger partial charge is 0.497 e. The van der Waals surface area contributed by atoms with Crippen molar-refractivity contribution < 1.29 is 31.1 Å². The number of rotatable bonds is 12. The maximum absolute atomic E-state index is 13.3. The monoisotopic (exact) mass is 705 g/mol. The Bertz CT molecular complexity index is 2160. The lowest BCUT2D eigenvalue weighted by molar-refractivity contribution is 0.102. The highest BCUT2D eigenvalue weighted by molar-refractivity contribution is 7.92. The van der Waals surface area contributed by atoms with E-state index in [1.165, 1.54) is 50.6 Å². The van der Waals surface area contributed by atoms with Crippen LogP contribution in [0.1, 0.15) is 21.5 Å². The molecule has 248 valence electrons. The van der Waals surface area contributed by atoms with Gasteiger partial charge in [-0.1, -0.05) is 41.9 Å². The number of benzene rings is 5. The van der Waals surface area contributed by atoms with Gasteiger partial charge in [0, 0.05) is 34.6 Å². The van der Waals surface area contributed by atoms with Crippen LogP contribution >= 0.6 is 11.6 Å². The normalized spacial score (nSPS) is 11.4. The van der Waals surface area contributed by atoms with Gasteiger partial charge < -0.3 is 20.1 Å². The molecule has 1 amide bonds. The smallest absolute Gasteiger partial charge is 0.262 e. The lowest BCUT2D eigenvalue weighted by Gasteiger charge is -2.15. The van der Waals surface area contributed by atoms with E-state index in [1.807, 2.05) is 0 Å². The summed E-state index contributed by atoms with van der Waals surface area (Å²) in [4.78, 5) is 13.2. The van der Waals surface area contributed by atoms with E-state index in [2.05, 4.69) is 15.4 Å². The fraction of sp³-hybridized carbons (Fsp3) is 0.114. The van der Waals surface area contributed by atoms with Crippen molar-refractivity contribution >= 4 is 54.4 Å². The van der Waals surface area contributed by atoms with E-state index in [-0.39, 0.29) is 31.3 Å². The summed E-state index contributed by atoms with van der Waals surface area (Å²) in [5, 5.41) is 6.30. The summed E-state index contributed by atoms with van der Waals surface area (Å²) in [6.45, 7) is 2.07. The van der Waals surface area contributed by atoms with Crippen LogP contribution in [0.5, 0.6) is 11.5 Å². The molecule has 0 aliphatic heterocycles. The number of carbonyl (C=O) groups is 1. The maximum Gasteiger partial charge on any atom is 0.262 e. The maximum atomic E-state index is 13.3. The Morgan fingerprint density at radius 3 is 2.08 bits per heavy atom. The van der Waals surface area contributed by atoms with Crippen LogP contribution in [0.3, 0.4) is 0 Å². The third-order valence-electron chi connectivity index (χ3n) is 7.44. The molecule has 0 spiro atoms. The first-order valence-corrected chi connectivity index (χ1v) is 17.8. The van der Waals surface area contributed by atoms with Crippen molar-refractivity contribution in [3.63, 3.8) is 0 Å². The van der Waals surface area contributed by atoms with Gasteiger partial charge in [-0.25, -0.2) is 16.8 Å². The second-order valence-corrected chi connectivity index (χ2v) is 14.6. The van der Waals surface area contributed by atoms with Gasteiger partial charge in [-0.2, -0.15) is 0 Å². The average Bonchev–Trinajstić information content (AvgIpc) is 3.09. The Kier molecular flexibility index (Phi) is 10.3. The average molecular weight is 706 g/mol. The lowest BCUT2D eigenvalue weighted by Crippen LogP contribution is -2.15. The first kappa shape index (κ1) is 34.3. The fourth-order valence-electron chi connectivity index (χ4n) is 4.83. The third-order valence-corrected chi connectivity index (χ3v) is 10.9. The van der Waals surface area contributed by atoms with E-state index in [0.717, 1.165) is 5.56 Å². The molecule has 0 aliphatic rings. The van der Waals surface area contributed by atoms with Gasteiger partial charge in [0.05, 0.1) is 34.6 Å². The number of methoxy groups -OCH3 is 2. The lowest BCUT2D eigenvalue weighted by atomic mass is 10.1. The van der Waals surface area contributed by atoms with Crippen LogP contribution in [-0.2, 0) is 26.4 Å². The summed E-state index contributed by atoms with van der Waals surface area (Å²) in [6.07, 6.45) is 0. The molecule has 0 unspecified atom stereocenters. The Morgan fingerprint density at radius 1 is 0.750 bits per heavy atom. The van der Waals surface area contributed by atoms with Gasteiger partial charge in [0.15, 0.2) is 0 Å². The highest BCUT2D eigenvalue weighted by Crippen LogP contribution is 2.33. The number of hydrogen-bond acceptors (Lipinski definition) is 8. The molecule has 0 bridgehead atoms. The molecule has 0 aromatic heterocycles.